The maximum atomic E-state index is 4.61. The summed E-state index contributed by atoms with van der Waals surface area (Å²) >= 11 is 5.18. The van der Waals surface area contributed by atoms with Crippen LogP contribution in [0.3, 0.4) is 0 Å². The number of hydrogen-bond acceptors (Lipinski definition) is 3. The Kier molecular flexibility index (Phi) is 2.81. The Balaban J connectivity index is 1.90. The molecule has 3 rings (SSSR count). The van der Waals surface area contributed by atoms with Crippen molar-refractivity contribution in [2.75, 3.05) is 0 Å². The summed E-state index contributed by atoms with van der Waals surface area (Å²) in [4.78, 5) is 5.72. The number of aromatic nitrogens is 3. The minimum absolute atomic E-state index is 0.597. The predicted octanol–water partition coefficient (Wildman–Crippen LogP) is 3.95. The zero-order chi connectivity index (χ0) is 11.0. The first-order valence-corrected chi connectivity index (χ1v) is 7.17. The Morgan fingerprint density at radius 1 is 1.38 bits per heavy atom. The van der Waals surface area contributed by atoms with E-state index in [1.807, 2.05) is 11.4 Å². The van der Waals surface area contributed by atoms with E-state index in [-0.39, 0.29) is 0 Å². The number of aromatic amines is 1. The fourth-order valence-corrected chi connectivity index (χ4v) is 3.69. The van der Waals surface area contributed by atoms with Crippen LogP contribution in [-0.4, -0.2) is 15.2 Å². The number of nitrogens with zero attached hydrogens (tertiary/aromatic N) is 2. The van der Waals surface area contributed by atoms with Crippen LogP contribution in [-0.2, 0) is 0 Å². The molecule has 2 aromatic heterocycles. The number of halogens is 1. The molecule has 0 spiro atoms. The zero-order valence-corrected chi connectivity index (χ0v) is 11.1. The summed E-state index contributed by atoms with van der Waals surface area (Å²) in [7, 11) is 0. The van der Waals surface area contributed by atoms with Crippen molar-refractivity contribution in [1.82, 2.24) is 15.2 Å². The predicted molar refractivity (Wildman–Crippen MR) is 68.6 cm³/mol. The summed E-state index contributed by atoms with van der Waals surface area (Å²) in [5.74, 6) is 2.48. The minimum atomic E-state index is 0.597. The van der Waals surface area contributed by atoms with E-state index in [0.29, 0.717) is 5.92 Å². The number of thiophene rings is 1. The van der Waals surface area contributed by atoms with E-state index in [4.69, 9.17) is 0 Å². The Labute approximate surface area is 106 Å². The molecule has 1 fully saturated rings. The first kappa shape index (κ1) is 10.5. The maximum absolute atomic E-state index is 4.61. The highest BCUT2D eigenvalue weighted by Crippen LogP contribution is 2.35. The second-order valence-corrected chi connectivity index (χ2v) is 5.89. The summed E-state index contributed by atoms with van der Waals surface area (Å²) in [6, 6.07) is 2.03. The van der Waals surface area contributed by atoms with E-state index in [0.717, 1.165) is 21.0 Å². The normalized spacial score (nSPS) is 17.1. The average molecular weight is 298 g/mol. The number of rotatable bonds is 2. The smallest absolute Gasteiger partial charge is 0.192 e. The molecule has 1 saturated carbocycles. The fraction of sp³-hybridized carbons (Fsp3) is 0.455. The summed E-state index contributed by atoms with van der Waals surface area (Å²) in [6.45, 7) is 0. The molecule has 0 aliphatic heterocycles. The molecule has 0 unspecified atom stereocenters. The van der Waals surface area contributed by atoms with Crippen molar-refractivity contribution in [3.8, 4) is 10.7 Å². The van der Waals surface area contributed by atoms with Gasteiger partial charge in [0.15, 0.2) is 5.82 Å². The highest BCUT2D eigenvalue weighted by Gasteiger charge is 2.21. The molecule has 1 aliphatic carbocycles. The molecule has 0 amide bonds. The van der Waals surface area contributed by atoms with Crippen molar-refractivity contribution < 1.29 is 0 Å². The van der Waals surface area contributed by atoms with Crippen LogP contribution in [0.4, 0.5) is 0 Å². The third kappa shape index (κ3) is 1.82. The lowest BCUT2D eigenvalue weighted by atomic mass is 10.1. The average Bonchev–Trinajstić information content (AvgIpc) is 2.96. The number of hydrogen-bond donors (Lipinski definition) is 1. The highest BCUT2D eigenvalue weighted by molar-refractivity contribution is 9.10. The maximum Gasteiger partial charge on any atom is 0.192 e. The number of H-pyrrole nitrogens is 1. The molecule has 16 heavy (non-hydrogen) atoms. The molecule has 5 heteroatoms. The van der Waals surface area contributed by atoms with Gasteiger partial charge >= 0.3 is 0 Å². The van der Waals surface area contributed by atoms with Crippen LogP contribution < -0.4 is 0 Å². The largest absolute Gasteiger partial charge is 0.262 e. The quantitative estimate of drug-likeness (QED) is 0.912. The van der Waals surface area contributed by atoms with Crippen LogP contribution in [0.5, 0.6) is 0 Å². The molecular weight excluding hydrogens is 286 g/mol. The van der Waals surface area contributed by atoms with Gasteiger partial charge in [0.25, 0.3) is 0 Å². The first-order valence-electron chi connectivity index (χ1n) is 5.50. The van der Waals surface area contributed by atoms with E-state index >= 15 is 0 Å². The molecule has 2 aromatic rings. The SMILES string of the molecule is Brc1ccsc1-c1n[nH]c(C2CCCC2)n1. The van der Waals surface area contributed by atoms with Gasteiger partial charge in [0.05, 0.1) is 4.88 Å². The van der Waals surface area contributed by atoms with Gasteiger partial charge in [-0.1, -0.05) is 12.8 Å². The first-order chi connectivity index (χ1) is 7.84. The Morgan fingerprint density at radius 3 is 2.88 bits per heavy atom. The Hall–Kier alpha value is -0.680. The van der Waals surface area contributed by atoms with Crippen LogP contribution in [0, 0.1) is 0 Å². The van der Waals surface area contributed by atoms with Crippen LogP contribution in [0.2, 0.25) is 0 Å². The molecule has 0 radical (unpaired) electrons. The van der Waals surface area contributed by atoms with Crippen molar-refractivity contribution in [3.63, 3.8) is 0 Å². The van der Waals surface area contributed by atoms with Crippen LogP contribution >= 0.6 is 27.3 Å². The molecule has 3 nitrogen and oxygen atoms in total. The summed E-state index contributed by atoms with van der Waals surface area (Å²) < 4.78 is 1.08. The van der Waals surface area contributed by atoms with E-state index < -0.39 is 0 Å². The van der Waals surface area contributed by atoms with Gasteiger partial charge in [0.1, 0.15) is 5.82 Å². The van der Waals surface area contributed by atoms with Crippen LogP contribution in [0.15, 0.2) is 15.9 Å². The summed E-state index contributed by atoms with van der Waals surface area (Å²) in [5.41, 5.74) is 0. The monoisotopic (exact) mass is 297 g/mol. The fourth-order valence-electron chi connectivity index (χ4n) is 2.21. The van der Waals surface area contributed by atoms with Crippen molar-refractivity contribution >= 4 is 27.3 Å². The molecule has 1 N–H and O–H groups in total. The van der Waals surface area contributed by atoms with E-state index in [1.165, 1.54) is 25.7 Å². The second-order valence-electron chi connectivity index (χ2n) is 4.12. The van der Waals surface area contributed by atoms with Crippen LogP contribution in [0.25, 0.3) is 10.7 Å². The van der Waals surface area contributed by atoms with Gasteiger partial charge in [-0.25, -0.2) is 4.98 Å². The summed E-state index contributed by atoms with van der Waals surface area (Å²) in [5, 5.41) is 9.44. The lowest BCUT2D eigenvalue weighted by Crippen LogP contribution is -1.94. The van der Waals surface area contributed by atoms with Gasteiger partial charge in [-0.15, -0.1) is 11.3 Å². The zero-order valence-electron chi connectivity index (χ0n) is 8.74. The molecule has 1 aliphatic rings. The van der Waals surface area contributed by atoms with Gasteiger partial charge < -0.3 is 0 Å². The molecular formula is C11H12BrN3S. The lowest BCUT2D eigenvalue weighted by Gasteiger charge is -2.01. The minimum Gasteiger partial charge on any atom is -0.262 e. The van der Waals surface area contributed by atoms with E-state index in [9.17, 15) is 0 Å². The van der Waals surface area contributed by atoms with Crippen molar-refractivity contribution in [2.24, 2.45) is 0 Å². The second kappa shape index (κ2) is 4.30. The summed E-state index contributed by atoms with van der Waals surface area (Å²) in [6.07, 6.45) is 5.15. The molecule has 2 heterocycles. The van der Waals surface area contributed by atoms with Crippen LogP contribution in [0.1, 0.15) is 37.4 Å². The van der Waals surface area contributed by atoms with Gasteiger partial charge in [0.2, 0.25) is 0 Å². The molecule has 0 aromatic carbocycles. The van der Waals surface area contributed by atoms with Crippen molar-refractivity contribution in [1.29, 1.82) is 0 Å². The van der Waals surface area contributed by atoms with E-state index in [1.54, 1.807) is 11.3 Å². The molecule has 0 saturated heterocycles. The highest BCUT2D eigenvalue weighted by atomic mass is 79.9. The Bertz CT molecular complexity index is 485. The molecule has 0 bridgehead atoms. The Morgan fingerprint density at radius 2 is 2.19 bits per heavy atom. The van der Waals surface area contributed by atoms with Gasteiger partial charge in [-0.2, -0.15) is 5.10 Å². The lowest BCUT2D eigenvalue weighted by molar-refractivity contribution is 0.672. The van der Waals surface area contributed by atoms with Crippen molar-refractivity contribution in [3.05, 3.63) is 21.7 Å². The standard InChI is InChI=1S/C11H12BrN3S/c12-8-5-6-16-9(8)11-13-10(14-15-11)7-3-1-2-4-7/h5-7H,1-4H2,(H,13,14,15). The number of nitrogens with one attached hydrogen (secondary N) is 1. The van der Waals surface area contributed by atoms with Crippen molar-refractivity contribution in [2.45, 2.75) is 31.6 Å². The third-order valence-corrected chi connectivity index (χ3v) is 4.90. The van der Waals surface area contributed by atoms with Gasteiger partial charge in [0, 0.05) is 10.4 Å². The molecule has 0 atom stereocenters. The topological polar surface area (TPSA) is 41.6 Å². The molecule has 84 valence electrons. The third-order valence-electron chi connectivity index (χ3n) is 3.06. The van der Waals surface area contributed by atoms with Gasteiger partial charge in [-0.05, 0) is 40.2 Å². The van der Waals surface area contributed by atoms with E-state index in [2.05, 4.69) is 31.1 Å². The van der Waals surface area contributed by atoms with Gasteiger partial charge in [-0.3, -0.25) is 5.10 Å².